The lowest BCUT2D eigenvalue weighted by molar-refractivity contribution is 0.305. The molecule has 0 saturated heterocycles. The number of hydrogen-bond donors (Lipinski definition) is 2. The van der Waals surface area contributed by atoms with Crippen LogP contribution in [-0.2, 0) is 0 Å². The first-order valence-corrected chi connectivity index (χ1v) is 6.76. The van der Waals surface area contributed by atoms with E-state index in [4.69, 9.17) is 16.2 Å². The number of azo groups is 1. The highest BCUT2D eigenvalue weighted by Gasteiger charge is 2.17. The number of anilines is 2. The van der Waals surface area contributed by atoms with Crippen LogP contribution in [0.2, 0.25) is 0 Å². The molecule has 0 spiro atoms. The largest absolute Gasteiger partial charge is 0.477 e. The molecule has 0 unspecified atom stereocenters. The Hall–Kier alpha value is -3.14. The molecule has 1 heterocycles. The molecule has 0 atom stereocenters. The Morgan fingerprint density at radius 1 is 1.23 bits per heavy atom. The van der Waals surface area contributed by atoms with Crippen molar-refractivity contribution in [3.63, 3.8) is 0 Å². The third-order valence-electron chi connectivity index (χ3n) is 2.78. The molecule has 1 aromatic heterocycles. The van der Waals surface area contributed by atoms with E-state index in [2.05, 4.69) is 15.2 Å². The number of benzene rings is 1. The van der Waals surface area contributed by atoms with Crippen molar-refractivity contribution in [2.24, 2.45) is 10.2 Å². The van der Waals surface area contributed by atoms with E-state index in [9.17, 15) is 5.26 Å². The zero-order chi connectivity index (χ0) is 15.9. The summed E-state index contributed by atoms with van der Waals surface area (Å²) in [6, 6.07) is 11.1. The van der Waals surface area contributed by atoms with E-state index in [0.29, 0.717) is 12.3 Å². The molecule has 7 heteroatoms. The highest BCUT2D eigenvalue weighted by molar-refractivity contribution is 5.80. The molecule has 112 valence electrons. The molecule has 0 aliphatic heterocycles. The summed E-state index contributed by atoms with van der Waals surface area (Å²) in [6.45, 7) is 2.37. The van der Waals surface area contributed by atoms with Crippen molar-refractivity contribution in [2.45, 2.75) is 13.3 Å². The van der Waals surface area contributed by atoms with Gasteiger partial charge in [-0.3, -0.25) is 0 Å². The van der Waals surface area contributed by atoms with Crippen LogP contribution in [0, 0.1) is 11.3 Å². The van der Waals surface area contributed by atoms with Crippen LogP contribution < -0.4 is 16.2 Å². The second-order valence-electron chi connectivity index (χ2n) is 4.44. The van der Waals surface area contributed by atoms with Gasteiger partial charge in [0.15, 0.2) is 11.5 Å². The van der Waals surface area contributed by atoms with Crippen molar-refractivity contribution in [2.75, 3.05) is 18.1 Å². The number of nitrogen functional groups attached to an aromatic ring is 2. The van der Waals surface area contributed by atoms with Crippen LogP contribution in [0.1, 0.15) is 18.9 Å². The van der Waals surface area contributed by atoms with Gasteiger partial charge in [-0.25, -0.2) is 0 Å². The van der Waals surface area contributed by atoms with Gasteiger partial charge in [0.05, 0.1) is 18.0 Å². The monoisotopic (exact) mass is 296 g/mol. The molecule has 2 aromatic rings. The van der Waals surface area contributed by atoms with Crippen LogP contribution in [0.5, 0.6) is 5.88 Å². The van der Waals surface area contributed by atoms with Crippen molar-refractivity contribution in [1.82, 2.24) is 4.98 Å². The molecule has 4 N–H and O–H groups in total. The van der Waals surface area contributed by atoms with E-state index in [1.54, 1.807) is 12.1 Å². The maximum atomic E-state index is 9.24. The predicted molar refractivity (Wildman–Crippen MR) is 84.2 cm³/mol. The third kappa shape index (κ3) is 3.30. The minimum atomic E-state index is 0.0716. The summed E-state index contributed by atoms with van der Waals surface area (Å²) in [4.78, 5) is 4.05. The molecule has 0 fully saturated rings. The lowest BCUT2D eigenvalue weighted by Gasteiger charge is -2.10. The Labute approximate surface area is 128 Å². The Bertz CT molecular complexity index is 721. The maximum absolute atomic E-state index is 9.24. The Kier molecular flexibility index (Phi) is 4.88. The molecular formula is C15H16N6O. The lowest BCUT2D eigenvalue weighted by Crippen LogP contribution is -2.05. The highest BCUT2D eigenvalue weighted by atomic mass is 16.5. The fourth-order valence-electron chi connectivity index (χ4n) is 1.71. The maximum Gasteiger partial charge on any atom is 0.235 e. The van der Waals surface area contributed by atoms with Gasteiger partial charge in [0, 0.05) is 0 Å². The van der Waals surface area contributed by atoms with E-state index in [0.717, 1.165) is 6.42 Å². The first-order chi connectivity index (χ1) is 10.7. The van der Waals surface area contributed by atoms with Crippen molar-refractivity contribution in [3.05, 3.63) is 35.9 Å². The molecule has 0 amide bonds. The summed E-state index contributed by atoms with van der Waals surface area (Å²) in [6.07, 6.45) is 0.780. The summed E-state index contributed by atoms with van der Waals surface area (Å²) in [7, 11) is 0. The van der Waals surface area contributed by atoms with E-state index in [-0.39, 0.29) is 28.6 Å². The van der Waals surface area contributed by atoms with Crippen molar-refractivity contribution in [1.29, 1.82) is 5.26 Å². The fourth-order valence-corrected chi connectivity index (χ4v) is 1.71. The summed E-state index contributed by atoms with van der Waals surface area (Å²) in [5.41, 5.74) is 12.8. The Morgan fingerprint density at radius 3 is 2.59 bits per heavy atom. The number of rotatable bonds is 5. The number of pyridine rings is 1. The van der Waals surface area contributed by atoms with Crippen LogP contribution in [0.4, 0.5) is 22.9 Å². The van der Waals surface area contributed by atoms with Crippen molar-refractivity contribution < 1.29 is 4.74 Å². The number of ether oxygens (including phenoxy) is 1. The van der Waals surface area contributed by atoms with Crippen molar-refractivity contribution >= 4 is 22.9 Å². The zero-order valence-corrected chi connectivity index (χ0v) is 12.2. The molecule has 0 saturated carbocycles. The number of nitriles is 1. The summed E-state index contributed by atoms with van der Waals surface area (Å²) < 4.78 is 5.39. The molecule has 0 aliphatic rings. The van der Waals surface area contributed by atoms with E-state index in [1.807, 2.05) is 31.2 Å². The quantitative estimate of drug-likeness (QED) is 0.819. The first kappa shape index (κ1) is 15.3. The van der Waals surface area contributed by atoms with Gasteiger partial charge in [-0.15, -0.1) is 5.11 Å². The Morgan fingerprint density at radius 2 is 1.95 bits per heavy atom. The van der Waals surface area contributed by atoms with E-state index >= 15 is 0 Å². The van der Waals surface area contributed by atoms with Gasteiger partial charge < -0.3 is 16.2 Å². The molecule has 0 radical (unpaired) electrons. The van der Waals surface area contributed by atoms with Crippen LogP contribution in [0.25, 0.3) is 0 Å². The predicted octanol–water partition coefficient (Wildman–Crippen LogP) is 3.32. The number of nitrogens with zero attached hydrogens (tertiary/aromatic N) is 4. The van der Waals surface area contributed by atoms with Gasteiger partial charge in [0.1, 0.15) is 11.6 Å². The van der Waals surface area contributed by atoms with Crippen LogP contribution in [0.3, 0.4) is 0 Å². The van der Waals surface area contributed by atoms with E-state index < -0.39 is 0 Å². The first-order valence-electron chi connectivity index (χ1n) is 6.76. The van der Waals surface area contributed by atoms with Gasteiger partial charge in [0.25, 0.3) is 0 Å². The molecule has 1 aromatic carbocycles. The number of nitrogens with two attached hydrogens (primary N) is 2. The number of hydrogen-bond acceptors (Lipinski definition) is 7. The molecule has 0 aliphatic carbocycles. The smallest absolute Gasteiger partial charge is 0.235 e. The third-order valence-corrected chi connectivity index (χ3v) is 2.78. The minimum Gasteiger partial charge on any atom is -0.477 e. The van der Waals surface area contributed by atoms with Gasteiger partial charge in [0.2, 0.25) is 5.88 Å². The van der Waals surface area contributed by atoms with E-state index in [1.165, 1.54) is 0 Å². The van der Waals surface area contributed by atoms with Gasteiger partial charge in [-0.2, -0.15) is 15.4 Å². The standard InChI is InChI=1S/C15H16N6O/c1-2-8-22-15-11(9-16)12(17)13(14(18)19-15)21-20-10-6-4-3-5-7-10/h3-7H,2,8H2,1H3,(H4,17,18,19). The average Bonchev–Trinajstić information content (AvgIpc) is 2.53. The molecule has 0 bridgehead atoms. The topological polar surface area (TPSA) is 123 Å². The summed E-state index contributed by atoms with van der Waals surface area (Å²) >= 11 is 0. The second-order valence-corrected chi connectivity index (χ2v) is 4.44. The number of aromatic nitrogens is 1. The zero-order valence-electron chi connectivity index (χ0n) is 12.2. The van der Waals surface area contributed by atoms with Crippen LogP contribution >= 0.6 is 0 Å². The summed E-state index contributed by atoms with van der Waals surface area (Å²) in [5, 5.41) is 17.3. The van der Waals surface area contributed by atoms with Crippen LogP contribution in [-0.4, -0.2) is 11.6 Å². The Balaban J connectivity index is 2.41. The second kappa shape index (κ2) is 7.04. The molecule has 22 heavy (non-hydrogen) atoms. The van der Waals surface area contributed by atoms with Gasteiger partial charge in [-0.1, -0.05) is 25.1 Å². The fraction of sp³-hybridized carbons (Fsp3) is 0.200. The molecule has 7 nitrogen and oxygen atoms in total. The van der Waals surface area contributed by atoms with Gasteiger partial charge in [-0.05, 0) is 18.6 Å². The normalized spacial score (nSPS) is 10.5. The SMILES string of the molecule is CCCOc1nc(N)c(N=Nc2ccccc2)c(N)c1C#N. The summed E-state index contributed by atoms with van der Waals surface area (Å²) in [5.74, 6) is 0.195. The highest BCUT2D eigenvalue weighted by Crippen LogP contribution is 2.36. The molecule has 2 rings (SSSR count). The minimum absolute atomic E-state index is 0.0716. The van der Waals surface area contributed by atoms with Gasteiger partial charge >= 0.3 is 0 Å². The van der Waals surface area contributed by atoms with Crippen LogP contribution in [0.15, 0.2) is 40.6 Å². The van der Waals surface area contributed by atoms with Crippen molar-refractivity contribution in [3.8, 4) is 11.9 Å². The average molecular weight is 296 g/mol. The molecular weight excluding hydrogens is 280 g/mol. The lowest BCUT2D eigenvalue weighted by atomic mass is 10.2.